The van der Waals surface area contributed by atoms with E-state index in [-0.39, 0.29) is 5.92 Å². The number of aryl methyl sites for hydroxylation is 2. The van der Waals surface area contributed by atoms with E-state index in [0.29, 0.717) is 0 Å². The van der Waals surface area contributed by atoms with E-state index >= 15 is 0 Å². The lowest BCUT2D eigenvalue weighted by Crippen LogP contribution is -2.15. The van der Waals surface area contributed by atoms with E-state index in [4.69, 9.17) is 5.26 Å². The summed E-state index contributed by atoms with van der Waals surface area (Å²) < 4.78 is 1.90. The third kappa shape index (κ3) is 7.67. The van der Waals surface area contributed by atoms with E-state index in [1.807, 2.05) is 17.7 Å². The number of rotatable bonds is 6. The number of hydrogen-bond acceptors (Lipinski definition) is 2. The van der Waals surface area contributed by atoms with E-state index in [2.05, 4.69) is 92.9 Å². The largest absolute Gasteiger partial charge is 0.336 e. The van der Waals surface area contributed by atoms with Gasteiger partial charge in [0.25, 0.3) is 0 Å². The summed E-state index contributed by atoms with van der Waals surface area (Å²) in [4.78, 5) is 3.86. The van der Waals surface area contributed by atoms with E-state index in [0.717, 1.165) is 12.9 Å². The molecule has 3 rings (SSSR count). The van der Waals surface area contributed by atoms with Crippen LogP contribution in [0.3, 0.4) is 0 Å². The van der Waals surface area contributed by atoms with Crippen molar-refractivity contribution in [2.45, 2.75) is 33.6 Å². The van der Waals surface area contributed by atoms with Gasteiger partial charge in [-0.25, -0.2) is 4.98 Å². The fourth-order valence-corrected chi connectivity index (χ4v) is 2.64. The van der Waals surface area contributed by atoms with Gasteiger partial charge >= 0.3 is 0 Å². The molecule has 0 aliphatic heterocycles. The molecule has 3 nitrogen and oxygen atoms in total. The number of aromatic nitrogens is 2. The molecule has 141 valence electrons. The van der Waals surface area contributed by atoms with Crippen LogP contribution in [0, 0.1) is 31.1 Å². The zero-order valence-corrected chi connectivity index (χ0v) is 16.9. The van der Waals surface area contributed by atoms with Crippen LogP contribution in [0.4, 0.5) is 0 Å². The van der Waals surface area contributed by atoms with Gasteiger partial charge in [-0.3, -0.25) is 0 Å². The predicted molar refractivity (Wildman–Crippen MR) is 119 cm³/mol. The summed E-state index contributed by atoms with van der Waals surface area (Å²) in [6, 6.07) is 19.2. The first-order valence-electron chi connectivity index (χ1n) is 9.56. The highest BCUT2D eigenvalue weighted by Crippen LogP contribution is 2.05. The first-order valence-corrected chi connectivity index (χ1v) is 9.56. The molecule has 1 heterocycles. The van der Waals surface area contributed by atoms with Gasteiger partial charge in [-0.2, -0.15) is 5.26 Å². The Kier molecular flexibility index (Phi) is 8.81. The molecule has 0 bridgehead atoms. The SMILES string of the molecule is CC(C#N)Cn1ccnc1.Cc1ccc(C=CC[B]c2ccccc2C)cc1. The number of nitrogens with zero attached hydrogens (tertiary/aromatic N) is 3. The minimum absolute atomic E-state index is 0.0641. The summed E-state index contributed by atoms with van der Waals surface area (Å²) in [6.07, 6.45) is 10.6. The first kappa shape index (κ1) is 21.2. The zero-order chi connectivity index (χ0) is 20.2. The van der Waals surface area contributed by atoms with Crippen LogP contribution in [0.1, 0.15) is 23.6 Å². The van der Waals surface area contributed by atoms with E-state index in [1.54, 1.807) is 12.5 Å². The highest BCUT2D eigenvalue weighted by molar-refractivity contribution is 6.54. The first-order chi connectivity index (χ1) is 13.6. The predicted octanol–water partition coefficient (Wildman–Crippen LogP) is 4.81. The summed E-state index contributed by atoms with van der Waals surface area (Å²) in [5, 5.41) is 8.45. The summed E-state index contributed by atoms with van der Waals surface area (Å²) in [7, 11) is 2.26. The van der Waals surface area contributed by atoms with Crippen molar-refractivity contribution in [3.05, 3.63) is 90.0 Å². The second-order valence-electron chi connectivity index (χ2n) is 6.90. The van der Waals surface area contributed by atoms with Gasteiger partial charge < -0.3 is 4.57 Å². The van der Waals surface area contributed by atoms with Gasteiger partial charge in [0.1, 0.15) is 0 Å². The Balaban J connectivity index is 0.000000237. The fraction of sp³-hybridized carbons (Fsp3) is 0.250. The van der Waals surface area contributed by atoms with Crippen LogP contribution < -0.4 is 5.46 Å². The molecule has 4 heteroatoms. The maximum atomic E-state index is 8.45. The average Bonchev–Trinajstić information content (AvgIpc) is 3.21. The van der Waals surface area contributed by atoms with Crippen molar-refractivity contribution in [1.82, 2.24) is 9.55 Å². The molecular formula is C24H27BN3. The second kappa shape index (κ2) is 11.6. The summed E-state index contributed by atoms with van der Waals surface area (Å²) in [5.41, 5.74) is 5.23. The molecule has 0 spiro atoms. The Morgan fingerprint density at radius 3 is 2.54 bits per heavy atom. The molecule has 1 aromatic heterocycles. The lowest BCUT2D eigenvalue weighted by atomic mass is 9.65. The van der Waals surface area contributed by atoms with Crippen LogP contribution in [0.5, 0.6) is 0 Å². The smallest absolute Gasteiger partial charge is 0.156 e. The Labute approximate surface area is 169 Å². The lowest BCUT2D eigenvalue weighted by Gasteiger charge is -2.01. The third-order valence-electron chi connectivity index (χ3n) is 4.31. The van der Waals surface area contributed by atoms with Gasteiger partial charge in [0.2, 0.25) is 0 Å². The Morgan fingerprint density at radius 1 is 1.14 bits per heavy atom. The number of allylic oxidation sites excluding steroid dienone is 1. The third-order valence-corrected chi connectivity index (χ3v) is 4.31. The summed E-state index contributed by atoms with van der Waals surface area (Å²) >= 11 is 0. The number of imidazole rings is 1. The van der Waals surface area contributed by atoms with Crippen molar-refractivity contribution >= 4 is 18.8 Å². The van der Waals surface area contributed by atoms with E-state index < -0.39 is 0 Å². The average molecular weight is 368 g/mol. The highest BCUT2D eigenvalue weighted by atomic mass is 15.0. The Hall–Kier alpha value is -3.06. The van der Waals surface area contributed by atoms with Crippen molar-refractivity contribution in [1.29, 1.82) is 5.26 Å². The van der Waals surface area contributed by atoms with Crippen LogP contribution in [-0.4, -0.2) is 16.8 Å². The fourth-order valence-electron chi connectivity index (χ4n) is 2.64. The Bertz CT molecular complexity index is 890. The molecule has 3 aromatic rings. The monoisotopic (exact) mass is 368 g/mol. The topological polar surface area (TPSA) is 41.6 Å². The molecule has 28 heavy (non-hydrogen) atoms. The van der Waals surface area contributed by atoms with Crippen LogP contribution in [0.15, 0.2) is 73.3 Å². The second-order valence-corrected chi connectivity index (χ2v) is 6.90. The number of nitriles is 1. The van der Waals surface area contributed by atoms with Crippen molar-refractivity contribution < 1.29 is 0 Å². The maximum Gasteiger partial charge on any atom is 0.156 e. The van der Waals surface area contributed by atoms with Crippen LogP contribution in [-0.2, 0) is 6.54 Å². The molecule has 0 saturated carbocycles. The van der Waals surface area contributed by atoms with E-state index in [9.17, 15) is 0 Å². The molecule has 1 radical (unpaired) electrons. The highest BCUT2D eigenvalue weighted by Gasteiger charge is 1.98. The minimum atomic E-state index is 0.0641. The van der Waals surface area contributed by atoms with Gasteiger partial charge in [-0.1, -0.05) is 83.6 Å². The summed E-state index contributed by atoms with van der Waals surface area (Å²) in [5.74, 6) is 0.0641. The quantitative estimate of drug-likeness (QED) is 0.586. The van der Waals surface area contributed by atoms with Crippen molar-refractivity contribution in [3.63, 3.8) is 0 Å². The number of hydrogen-bond donors (Lipinski definition) is 0. The van der Waals surface area contributed by atoms with Gasteiger partial charge in [-0.05, 0) is 26.3 Å². The van der Waals surface area contributed by atoms with Gasteiger partial charge in [-0.15, -0.1) is 0 Å². The molecule has 0 amide bonds. The molecule has 1 atom stereocenters. The molecule has 0 aliphatic carbocycles. The zero-order valence-electron chi connectivity index (χ0n) is 16.9. The van der Waals surface area contributed by atoms with Crippen LogP contribution >= 0.6 is 0 Å². The molecule has 0 fully saturated rings. The molecule has 0 aliphatic rings. The number of benzene rings is 2. The van der Waals surface area contributed by atoms with Gasteiger partial charge in [0.15, 0.2) is 7.28 Å². The van der Waals surface area contributed by atoms with E-state index in [1.165, 1.54) is 22.2 Å². The van der Waals surface area contributed by atoms with Gasteiger partial charge in [0, 0.05) is 18.9 Å². The maximum absolute atomic E-state index is 8.45. The molecular weight excluding hydrogens is 341 g/mol. The molecule has 0 N–H and O–H groups in total. The summed E-state index contributed by atoms with van der Waals surface area (Å²) in [6.45, 7) is 6.88. The Morgan fingerprint density at radius 2 is 1.89 bits per heavy atom. The standard InChI is InChI=1S/C17H18B.C7H9N3/c1-14-9-11-16(12-10-14)7-5-13-18-17-8-4-3-6-15(17)2;1-7(4-8)5-10-3-2-9-6-10/h3-12H,13H2,1-2H3;2-3,6-7H,5H2,1H3. The van der Waals surface area contributed by atoms with Crippen molar-refractivity contribution in [3.8, 4) is 6.07 Å². The lowest BCUT2D eigenvalue weighted by molar-refractivity contribution is 0.580. The van der Waals surface area contributed by atoms with Crippen molar-refractivity contribution in [2.75, 3.05) is 0 Å². The normalized spacial score (nSPS) is 11.4. The molecule has 1 unspecified atom stereocenters. The van der Waals surface area contributed by atoms with Crippen LogP contribution in [0.2, 0.25) is 6.32 Å². The molecule has 2 aromatic carbocycles. The van der Waals surface area contributed by atoms with Crippen molar-refractivity contribution in [2.24, 2.45) is 5.92 Å². The molecule has 0 saturated heterocycles. The van der Waals surface area contributed by atoms with Gasteiger partial charge in [0.05, 0.1) is 18.3 Å². The van der Waals surface area contributed by atoms with Crippen LogP contribution in [0.25, 0.3) is 6.08 Å². The minimum Gasteiger partial charge on any atom is -0.336 e.